The van der Waals surface area contributed by atoms with Crippen molar-refractivity contribution in [3.63, 3.8) is 0 Å². The predicted octanol–water partition coefficient (Wildman–Crippen LogP) is 5.39. The fourth-order valence-electron chi connectivity index (χ4n) is 4.30. The first kappa shape index (κ1) is 23.4. The molecule has 1 heterocycles. The van der Waals surface area contributed by atoms with Crippen molar-refractivity contribution >= 4 is 22.6 Å². The van der Waals surface area contributed by atoms with Crippen molar-refractivity contribution in [2.45, 2.75) is 39.4 Å². The van der Waals surface area contributed by atoms with Crippen LogP contribution in [-0.2, 0) is 19.6 Å². The molecule has 176 valence electrons. The molecule has 0 spiro atoms. The number of nitrogens with zero attached hydrogens (tertiary/aromatic N) is 1. The predicted molar refractivity (Wildman–Crippen MR) is 136 cm³/mol. The van der Waals surface area contributed by atoms with Gasteiger partial charge in [0.2, 0.25) is 0 Å². The van der Waals surface area contributed by atoms with Crippen LogP contribution in [0, 0.1) is 0 Å². The zero-order chi connectivity index (χ0) is 24.2. The molecule has 6 heteroatoms. The number of carbonyl (C=O) groups is 1. The van der Waals surface area contributed by atoms with Gasteiger partial charge >= 0.3 is 5.97 Å². The summed E-state index contributed by atoms with van der Waals surface area (Å²) in [7, 11) is 1.65. The van der Waals surface area contributed by atoms with E-state index < -0.39 is 5.97 Å². The number of hydrogen-bond donors (Lipinski definition) is 3. The molecule has 4 rings (SSSR count). The van der Waals surface area contributed by atoms with E-state index in [2.05, 4.69) is 37.4 Å². The highest BCUT2D eigenvalue weighted by molar-refractivity contribution is 5.98. The quantitative estimate of drug-likeness (QED) is 0.293. The van der Waals surface area contributed by atoms with Gasteiger partial charge in [-0.3, -0.25) is 0 Å². The normalized spacial score (nSPS) is 11.3. The monoisotopic (exact) mass is 457 g/mol. The molecular weight excluding hydrogens is 426 g/mol. The number of rotatable bonds is 9. The van der Waals surface area contributed by atoms with E-state index in [-0.39, 0.29) is 0 Å². The first-order valence-electron chi connectivity index (χ1n) is 11.4. The van der Waals surface area contributed by atoms with Crippen LogP contribution in [-0.4, -0.2) is 22.8 Å². The Morgan fingerprint density at radius 1 is 1.03 bits per heavy atom. The number of aromatic nitrogens is 1. The Kier molecular flexibility index (Phi) is 6.89. The van der Waals surface area contributed by atoms with E-state index in [0.717, 1.165) is 33.3 Å². The zero-order valence-corrected chi connectivity index (χ0v) is 19.8. The van der Waals surface area contributed by atoms with Gasteiger partial charge in [0.15, 0.2) is 0 Å². The number of anilines is 1. The highest BCUT2D eigenvalue weighted by Crippen LogP contribution is 2.31. The third kappa shape index (κ3) is 4.92. The summed E-state index contributed by atoms with van der Waals surface area (Å²) in [4.78, 5) is 12.5. The maximum Gasteiger partial charge on any atom is 0.352 e. The van der Waals surface area contributed by atoms with Crippen LogP contribution < -0.4 is 15.8 Å². The Labute approximate surface area is 200 Å². The van der Waals surface area contributed by atoms with Gasteiger partial charge in [-0.25, -0.2) is 4.79 Å². The number of nitrogens with two attached hydrogens (primary N) is 1. The molecule has 0 aliphatic carbocycles. The minimum Gasteiger partial charge on any atom is -0.497 e. The van der Waals surface area contributed by atoms with Gasteiger partial charge in [0, 0.05) is 41.8 Å². The van der Waals surface area contributed by atoms with E-state index in [1.54, 1.807) is 7.11 Å². The number of methoxy groups -OCH3 is 1. The van der Waals surface area contributed by atoms with Gasteiger partial charge in [0.25, 0.3) is 0 Å². The van der Waals surface area contributed by atoms with Gasteiger partial charge in [0.05, 0.1) is 7.11 Å². The zero-order valence-electron chi connectivity index (χ0n) is 19.8. The van der Waals surface area contributed by atoms with E-state index in [1.165, 1.54) is 5.56 Å². The average molecular weight is 458 g/mol. The molecule has 6 nitrogen and oxygen atoms in total. The topological polar surface area (TPSA) is 89.5 Å². The Balaban J connectivity index is 1.74. The molecule has 3 aromatic carbocycles. The summed E-state index contributed by atoms with van der Waals surface area (Å²) in [5, 5.41) is 14.6. The third-order valence-electron chi connectivity index (χ3n) is 6.15. The summed E-state index contributed by atoms with van der Waals surface area (Å²) in [6, 6.07) is 21.7. The molecule has 0 saturated heterocycles. The van der Waals surface area contributed by atoms with Crippen molar-refractivity contribution in [1.29, 1.82) is 0 Å². The maximum absolute atomic E-state index is 12.5. The SMILES string of the molecule is COc1cccc(CNCc2c(C(=O)O)n(Cc3ccc(N)cc3)c3cc(C(C)C)ccc23)c1. The number of nitrogens with one attached hydrogen (secondary N) is 1. The van der Waals surface area contributed by atoms with Crippen molar-refractivity contribution in [1.82, 2.24) is 9.88 Å². The second-order valence-electron chi connectivity index (χ2n) is 8.85. The summed E-state index contributed by atoms with van der Waals surface area (Å²) in [6.45, 7) is 5.78. The number of aromatic carboxylic acids is 1. The Morgan fingerprint density at radius 3 is 2.47 bits per heavy atom. The Morgan fingerprint density at radius 2 is 1.79 bits per heavy atom. The van der Waals surface area contributed by atoms with Crippen LogP contribution in [0.5, 0.6) is 5.75 Å². The molecule has 0 atom stereocenters. The van der Waals surface area contributed by atoms with Crippen molar-refractivity contribution in [3.05, 3.63) is 94.7 Å². The van der Waals surface area contributed by atoms with Crippen LogP contribution >= 0.6 is 0 Å². The molecule has 34 heavy (non-hydrogen) atoms. The van der Waals surface area contributed by atoms with Crippen molar-refractivity contribution in [3.8, 4) is 5.75 Å². The van der Waals surface area contributed by atoms with E-state index in [9.17, 15) is 9.90 Å². The fraction of sp³-hybridized carbons (Fsp3) is 0.250. The van der Waals surface area contributed by atoms with Crippen LogP contribution in [0.15, 0.2) is 66.7 Å². The van der Waals surface area contributed by atoms with Crippen molar-refractivity contribution < 1.29 is 14.6 Å². The highest BCUT2D eigenvalue weighted by Gasteiger charge is 2.23. The van der Waals surface area contributed by atoms with Crippen molar-refractivity contribution in [2.75, 3.05) is 12.8 Å². The fourth-order valence-corrected chi connectivity index (χ4v) is 4.30. The number of nitrogen functional groups attached to an aromatic ring is 1. The highest BCUT2D eigenvalue weighted by atomic mass is 16.5. The van der Waals surface area contributed by atoms with Crippen molar-refractivity contribution in [2.24, 2.45) is 0 Å². The largest absolute Gasteiger partial charge is 0.497 e. The van der Waals surface area contributed by atoms with Gasteiger partial charge < -0.3 is 25.5 Å². The van der Waals surface area contributed by atoms with E-state index >= 15 is 0 Å². The van der Waals surface area contributed by atoms with E-state index in [1.807, 2.05) is 53.1 Å². The molecular formula is C28H31N3O3. The van der Waals surface area contributed by atoms with E-state index in [0.29, 0.717) is 36.9 Å². The van der Waals surface area contributed by atoms with Gasteiger partial charge in [-0.05, 0) is 52.9 Å². The molecule has 0 radical (unpaired) electrons. The summed E-state index contributed by atoms with van der Waals surface area (Å²) < 4.78 is 7.22. The molecule has 4 N–H and O–H groups in total. The number of carboxylic acid groups (broad SMARTS) is 1. The van der Waals surface area contributed by atoms with Crippen LogP contribution in [0.3, 0.4) is 0 Å². The minimum atomic E-state index is -0.934. The molecule has 1 aromatic heterocycles. The molecule has 4 aromatic rings. The third-order valence-corrected chi connectivity index (χ3v) is 6.15. The molecule has 0 aliphatic heterocycles. The first-order chi connectivity index (χ1) is 16.4. The lowest BCUT2D eigenvalue weighted by molar-refractivity contribution is 0.0684. The van der Waals surface area contributed by atoms with Gasteiger partial charge in [-0.15, -0.1) is 0 Å². The second kappa shape index (κ2) is 10.0. The summed E-state index contributed by atoms with van der Waals surface area (Å²) in [5.41, 5.74) is 11.8. The molecule has 0 aliphatic rings. The van der Waals surface area contributed by atoms with Crippen LogP contribution in [0.2, 0.25) is 0 Å². The van der Waals surface area contributed by atoms with E-state index in [4.69, 9.17) is 10.5 Å². The standard InChI is InChI=1S/C28H31N3O3/c1-18(2)21-9-12-24-25(16-30-15-20-5-4-6-23(13-20)34-3)27(28(32)33)31(26(24)14-21)17-19-7-10-22(29)11-8-19/h4-14,18,30H,15-17,29H2,1-3H3,(H,32,33). The summed E-state index contributed by atoms with van der Waals surface area (Å²) in [5.74, 6) is 0.204. The molecule has 0 saturated carbocycles. The lowest BCUT2D eigenvalue weighted by atomic mass is 10.0. The average Bonchev–Trinajstić information content (AvgIpc) is 3.13. The number of hydrogen-bond acceptors (Lipinski definition) is 4. The number of ether oxygens (including phenoxy) is 1. The van der Waals surface area contributed by atoms with Crippen LogP contribution in [0.25, 0.3) is 10.9 Å². The maximum atomic E-state index is 12.5. The summed E-state index contributed by atoms with van der Waals surface area (Å²) >= 11 is 0. The number of carboxylic acids is 1. The molecule has 0 bridgehead atoms. The van der Waals surface area contributed by atoms with Crippen LogP contribution in [0.1, 0.15) is 52.5 Å². The lowest BCUT2D eigenvalue weighted by Crippen LogP contribution is -2.17. The second-order valence-corrected chi connectivity index (χ2v) is 8.85. The molecule has 0 unspecified atom stereocenters. The smallest absolute Gasteiger partial charge is 0.352 e. The minimum absolute atomic E-state index is 0.311. The van der Waals surface area contributed by atoms with Gasteiger partial charge in [-0.2, -0.15) is 0 Å². The van der Waals surface area contributed by atoms with Gasteiger partial charge in [0.1, 0.15) is 11.4 Å². The molecule has 0 fully saturated rings. The lowest BCUT2D eigenvalue weighted by Gasteiger charge is -2.11. The van der Waals surface area contributed by atoms with Crippen LogP contribution in [0.4, 0.5) is 5.69 Å². The number of fused-ring (bicyclic) bond motifs is 1. The van der Waals surface area contributed by atoms with Gasteiger partial charge in [-0.1, -0.05) is 50.2 Å². The summed E-state index contributed by atoms with van der Waals surface area (Å²) in [6.07, 6.45) is 0. The Hall–Kier alpha value is -3.77. The Bertz CT molecular complexity index is 1310. The first-order valence-corrected chi connectivity index (χ1v) is 11.4. The molecule has 0 amide bonds. The number of benzene rings is 3.